The first-order valence-electron chi connectivity index (χ1n) is 4.64. The molecule has 0 aromatic heterocycles. The van der Waals surface area contributed by atoms with Gasteiger partial charge in [0, 0.05) is 6.54 Å². The summed E-state index contributed by atoms with van der Waals surface area (Å²) >= 11 is 0. The van der Waals surface area contributed by atoms with Crippen LogP contribution in [-0.4, -0.2) is 44.0 Å². The number of carbonyl (C=O) groups excluding carboxylic acids is 1. The smallest absolute Gasteiger partial charge is 0.180 e. The fourth-order valence-electron chi connectivity index (χ4n) is 1.55. The van der Waals surface area contributed by atoms with E-state index < -0.39 is 0 Å². The zero-order valence-corrected chi connectivity index (χ0v) is 8.16. The maximum atomic E-state index is 10.8. The first-order chi connectivity index (χ1) is 6.22. The van der Waals surface area contributed by atoms with Crippen LogP contribution in [0.25, 0.3) is 0 Å². The van der Waals surface area contributed by atoms with Crippen LogP contribution < -0.4 is 0 Å². The van der Waals surface area contributed by atoms with Crippen molar-refractivity contribution in [2.45, 2.75) is 6.42 Å². The predicted molar refractivity (Wildman–Crippen MR) is 51.6 cm³/mol. The highest BCUT2D eigenvalue weighted by Crippen LogP contribution is 2.13. The van der Waals surface area contributed by atoms with Crippen LogP contribution in [0.5, 0.6) is 0 Å². The quantitative estimate of drug-likeness (QED) is 0.588. The molecule has 1 heterocycles. The lowest BCUT2D eigenvalue weighted by molar-refractivity contribution is -0.119. The Kier molecular flexibility index (Phi) is 4.12. The summed E-state index contributed by atoms with van der Waals surface area (Å²) in [6, 6.07) is 0. The highest BCUT2D eigenvalue weighted by atomic mass is 16.5. The zero-order valence-electron chi connectivity index (χ0n) is 8.16. The van der Waals surface area contributed by atoms with Crippen molar-refractivity contribution in [3.05, 3.63) is 12.7 Å². The molecule has 74 valence electrons. The van der Waals surface area contributed by atoms with Gasteiger partial charge in [-0.05, 0) is 32.0 Å². The molecule has 1 unspecified atom stereocenters. The molecule has 13 heavy (non-hydrogen) atoms. The molecule has 3 nitrogen and oxygen atoms in total. The number of nitrogens with zero attached hydrogens (tertiary/aromatic N) is 1. The first-order valence-corrected chi connectivity index (χ1v) is 4.64. The van der Waals surface area contributed by atoms with E-state index in [2.05, 4.69) is 18.5 Å². The molecule has 0 N–H and O–H groups in total. The molecule has 3 heteroatoms. The Bertz CT molecular complexity index is 191. The van der Waals surface area contributed by atoms with Gasteiger partial charge in [-0.1, -0.05) is 6.58 Å². The Morgan fingerprint density at radius 1 is 1.77 bits per heavy atom. The van der Waals surface area contributed by atoms with E-state index in [-0.39, 0.29) is 12.4 Å². The van der Waals surface area contributed by atoms with Crippen LogP contribution in [0.15, 0.2) is 12.7 Å². The number of hydrogen-bond donors (Lipinski definition) is 0. The second-order valence-electron chi connectivity index (χ2n) is 3.60. The van der Waals surface area contributed by atoms with Gasteiger partial charge in [0.25, 0.3) is 0 Å². The summed E-state index contributed by atoms with van der Waals surface area (Å²) < 4.78 is 5.27. The highest BCUT2D eigenvalue weighted by molar-refractivity contribution is 5.90. The Hall–Kier alpha value is -0.670. The molecule has 0 spiro atoms. The van der Waals surface area contributed by atoms with E-state index in [0.29, 0.717) is 12.5 Å². The summed E-state index contributed by atoms with van der Waals surface area (Å²) in [6.45, 7) is 6.50. The van der Waals surface area contributed by atoms with Crippen molar-refractivity contribution in [1.82, 2.24) is 4.90 Å². The van der Waals surface area contributed by atoms with Crippen molar-refractivity contribution < 1.29 is 9.53 Å². The van der Waals surface area contributed by atoms with E-state index in [1.54, 1.807) is 0 Å². The number of ketones is 1. The molecule has 1 aliphatic rings. The van der Waals surface area contributed by atoms with Gasteiger partial charge in [-0.15, -0.1) is 0 Å². The van der Waals surface area contributed by atoms with Gasteiger partial charge in [0.2, 0.25) is 0 Å². The highest BCUT2D eigenvalue weighted by Gasteiger charge is 2.19. The molecule has 1 atom stereocenters. The third-order valence-electron chi connectivity index (χ3n) is 2.31. The van der Waals surface area contributed by atoms with E-state index in [1.165, 1.54) is 12.5 Å². The van der Waals surface area contributed by atoms with Crippen molar-refractivity contribution in [3.8, 4) is 0 Å². The van der Waals surface area contributed by atoms with Crippen LogP contribution in [0.3, 0.4) is 0 Å². The Morgan fingerprint density at radius 2 is 2.54 bits per heavy atom. The van der Waals surface area contributed by atoms with Crippen LogP contribution in [0.2, 0.25) is 0 Å². The average Bonchev–Trinajstić information content (AvgIpc) is 2.51. The van der Waals surface area contributed by atoms with Gasteiger partial charge in [0.15, 0.2) is 5.78 Å². The van der Waals surface area contributed by atoms with Crippen molar-refractivity contribution in [2.75, 3.05) is 33.4 Å². The van der Waals surface area contributed by atoms with Crippen LogP contribution in [0.4, 0.5) is 0 Å². The third kappa shape index (κ3) is 3.70. The normalized spacial score (nSPS) is 23.3. The molecule has 0 radical (unpaired) electrons. The molecular weight excluding hydrogens is 166 g/mol. The molecule has 0 aliphatic carbocycles. The summed E-state index contributed by atoms with van der Waals surface area (Å²) in [5.74, 6) is 0.564. The van der Waals surface area contributed by atoms with Crippen molar-refractivity contribution in [1.29, 1.82) is 0 Å². The predicted octanol–water partition coefficient (Wildman–Crippen LogP) is 0.710. The summed E-state index contributed by atoms with van der Waals surface area (Å²) in [5, 5.41) is 0. The minimum atomic E-state index is -0.0358. The van der Waals surface area contributed by atoms with E-state index >= 15 is 0 Å². The zero-order chi connectivity index (χ0) is 9.68. The van der Waals surface area contributed by atoms with Crippen LogP contribution in [0, 0.1) is 5.92 Å². The number of ether oxygens (including phenoxy) is 1. The minimum absolute atomic E-state index is 0.0358. The summed E-state index contributed by atoms with van der Waals surface area (Å²) in [5.41, 5.74) is 0. The minimum Gasteiger partial charge on any atom is -0.373 e. The third-order valence-corrected chi connectivity index (χ3v) is 2.31. The van der Waals surface area contributed by atoms with Gasteiger partial charge >= 0.3 is 0 Å². The SMILES string of the molecule is C=CC(=O)COCC1CCN(C)C1. The summed E-state index contributed by atoms with van der Waals surface area (Å²) in [4.78, 5) is 13.1. The maximum absolute atomic E-state index is 10.8. The molecule has 1 fully saturated rings. The summed E-state index contributed by atoms with van der Waals surface area (Å²) in [7, 11) is 2.11. The molecular formula is C10H17NO2. The van der Waals surface area contributed by atoms with Gasteiger partial charge in [-0.25, -0.2) is 0 Å². The van der Waals surface area contributed by atoms with Crippen LogP contribution in [-0.2, 0) is 9.53 Å². The molecule has 0 amide bonds. The van der Waals surface area contributed by atoms with E-state index in [0.717, 1.165) is 13.1 Å². The Labute approximate surface area is 79.4 Å². The van der Waals surface area contributed by atoms with Crippen molar-refractivity contribution >= 4 is 5.78 Å². The van der Waals surface area contributed by atoms with Gasteiger partial charge in [-0.3, -0.25) is 4.79 Å². The van der Waals surface area contributed by atoms with E-state index in [1.807, 2.05) is 0 Å². The lowest BCUT2D eigenvalue weighted by Gasteiger charge is -2.09. The van der Waals surface area contributed by atoms with Crippen LogP contribution in [0.1, 0.15) is 6.42 Å². The first kappa shape index (κ1) is 10.4. The lowest BCUT2D eigenvalue weighted by Crippen LogP contribution is -2.18. The maximum Gasteiger partial charge on any atom is 0.180 e. The van der Waals surface area contributed by atoms with E-state index in [9.17, 15) is 4.79 Å². The Balaban J connectivity index is 2.06. The Morgan fingerprint density at radius 3 is 3.08 bits per heavy atom. The van der Waals surface area contributed by atoms with Gasteiger partial charge < -0.3 is 9.64 Å². The monoisotopic (exact) mass is 183 g/mol. The number of carbonyl (C=O) groups is 1. The number of rotatable bonds is 5. The second kappa shape index (κ2) is 5.14. The second-order valence-corrected chi connectivity index (χ2v) is 3.60. The fourth-order valence-corrected chi connectivity index (χ4v) is 1.55. The van der Waals surface area contributed by atoms with Crippen LogP contribution >= 0.6 is 0 Å². The topological polar surface area (TPSA) is 29.5 Å². The standard InChI is InChI=1S/C10H17NO2/c1-3-10(12)8-13-7-9-4-5-11(2)6-9/h3,9H,1,4-8H2,2H3. The molecule has 0 saturated carbocycles. The van der Waals surface area contributed by atoms with Gasteiger partial charge in [-0.2, -0.15) is 0 Å². The van der Waals surface area contributed by atoms with Gasteiger partial charge in [0.05, 0.1) is 6.61 Å². The molecule has 1 aliphatic heterocycles. The van der Waals surface area contributed by atoms with E-state index in [4.69, 9.17) is 4.74 Å². The number of hydrogen-bond acceptors (Lipinski definition) is 3. The molecule has 0 aromatic rings. The van der Waals surface area contributed by atoms with Crippen molar-refractivity contribution in [3.63, 3.8) is 0 Å². The fraction of sp³-hybridized carbons (Fsp3) is 0.700. The van der Waals surface area contributed by atoms with Gasteiger partial charge in [0.1, 0.15) is 6.61 Å². The molecule has 0 aromatic carbocycles. The molecule has 1 saturated heterocycles. The lowest BCUT2D eigenvalue weighted by atomic mass is 10.1. The van der Waals surface area contributed by atoms with Crippen molar-refractivity contribution in [2.24, 2.45) is 5.92 Å². The largest absolute Gasteiger partial charge is 0.373 e. The summed E-state index contributed by atoms with van der Waals surface area (Å²) in [6.07, 6.45) is 2.49. The molecule has 1 rings (SSSR count). The molecule has 0 bridgehead atoms. The average molecular weight is 183 g/mol. The number of likely N-dealkylation sites (tertiary alicyclic amines) is 1.